The number of carbonyl (C=O) groups is 1. The molecule has 4 nitrogen and oxygen atoms in total. The smallest absolute Gasteiger partial charge is 0.302 e. The molecular weight excluding hydrogens is 292 g/mol. The maximum atomic E-state index is 10.6. The van der Waals surface area contributed by atoms with Crippen molar-refractivity contribution < 1.29 is 19.7 Å². The minimum absolute atomic E-state index is 0.0340. The zero-order chi connectivity index (χ0) is 17.3. The molecule has 0 spiro atoms. The topological polar surface area (TPSA) is 66.8 Å². The van der Waals surface area contributed by atoms with E-state index in [9.17, 15) is 15.0 Å². The second-order valence-electron chi connectivity index (χ2n) is 6.27. The van der Waals surface area contributed by atoms with Gasteiger partial charge in [0.1, 0.15) is 6.61 Å². The Hall–Kier alpha value is -1.05. The van der Waals surface area contributed by atoms with E-state index in [0.29, 0.717) is 6.42 Å². The van der Waals surface area contributed by atoms with Crippen LogP contribution >= 0.6 is 0 Å². The minimum Gasteiger partial charge on any atom is -0.463 e. The standard InChI is InChI=1S/C19H34O4/c1-3-4-5-6-7-8-9-10-11-12-13-14-18(21)15-19(22)16-23-17(2)20/h1,18-19,21-22H,4-16H2,2H3/t18-,19-/m1/s1. The van der Waals surface area contributed by atoms with Crippen molar-refractivity contribution in [2.45, 2.75) is 96.2 Å². The van der Waals surface area contributed by atoms with E-state index in [1.54, 1.807) is 0 Å². The van der Waals surface area contributed by atoms with Gasteiger partial charge in [0.25, 0.3) is 0 Å². The lowest BCUT2D eigenvalue weighted by molar-refractivity contribution is -0.144. The molecule has 0 saturated heterocycles. The van der Waals surface area contributed by atoms with E-state index >= 15 is 0 Å². The predicted molar refractivity (Wildman–Crippen MR) is 92.9 cm³/mol. The number of terminal acetylenes is 1. The Bertz CT molecular complexity index is 322. The van der Waals surface area contributed by atoms with Crippen molar-refractivity contribution >= 4 is 5.97 Å². The number of unbranched alkanes of at least 4 members (excludes halogenated alkanes) is 9. The van der Waals surface area contributed by atoms with Crippen LogP contribution in [0.5, 0.6) is 0 Å². The zero-order valence-corrected chi connectivity index (χ0v) is 14.6. The van der Waals surface area contributed by atoms with E-state index in [1.807, 2.05) is 0 Å². The highest BCUT2D eigenvalue weighted by molar-refractivity contribution is 5.65. The first-order valence-electron chi connectivity index (χ1n) is 8.99. The van der Waals surface area contributed by atoms with Gasteiger partial charge >= 0.3 is 5.97 Å². The van der Waals surface area contributed by atoms with Crippen molar-refractivity contribution in [1.29, 1.82) is 0 Å². The number of aliphatic hydroxyl groups is 2. The molecule has 4 heteroatoms. The quantitative estimate of drug-likeness (QED) is 0.274. The van der Waals surface area contributed by atoms with Gasteiger partial charge in [-0.3, -0.25) is 4.79 Å². The van der Waals surface area contributed by atoms with Crippen molar-refractivity contribution in [3.8, 4) is 12.3 Å². The molecular formula is C19H34O4. The summed E-state index contributed by atoms with van der Waals surface area (Å²) < 4.78 is 4.71. The summed E-state index contributed by atoms with van der Waals surface area (Å²) in [5.41, 5.74) is 0. The number of aliphatic hydroxyl groups excluding tert-OH is 2. The lowest BCUT2D eigenvalue weighted by Gasteiger charge is -2.15. The molecule has 134 valence electrons. The second-order valence-corrected chi connectivity index (χ2v) is 6.27. The van der Waals surface area contributed by atoms with Crippen LogP contribution in [0.4, 0.5) is 0 Å². The second kappa shape index (κ2) is 15.8. The van der Waals surface area contributed by atoms with E-state index in [1.165, 1.54) is 45.4 Å². The molecule has 0 aromatic rings. The van der Waals surface area contributed by atoms with Gasteiger partial charge in [-0.15, -0.1) is 12.3 Å². The van der Waals surface area contributed by atoms with Crippen LogP contribution in [0, 0.1) is 12.3 Å². The van der Waals surface area contributed by atoms with E-state index in [2.05, 4.69) is 5.92 Å². The highest BCUT2D eigenvalue weighted by Crippen LogP contribution is 2.13. The average Bonchev–Trinajstić information content (AvgIpc) is 2.50. The Morgan fingerprint density at radius 2 is 1.48 bits per heavy atom. The first-order valence-corrected chi connectivity index (χ1v) is 8.99. The molecule has 0 aliphatic heterocycles. The van der Waals surface area contributed by atoms with Crippen molar-refractivity contribution in [1.82, 2.24) is 0 Å². The molecule has 0 aliphatic carbocycles. The fraction of sp³-hybridized carbons (Fsp3) is 0.842. The van der Waals surface area contributed by atoms with E-state index in [0.717, 1.165) is 25.7 Å². The van der Waals surface area contributed by atoms with Crippen LogP contribution in [-0.4, -0.2) is 35.0 Å². The maximum absolute atomic E-state index is 10.6. The van der Waals surface area contributed by atoms with Crippen LogP contribution in [0.3, 0.4) is 0 Å². The fourth-order valence-corrected chi connectivity index (χ4v) is 2.56. The molecule has 0 fully saturated rings. The Balaban J connectivity index is 3.30. The number of carbonyl (C=O) groups excluding carboxylic acids is 1. The Morgan fingerprint density at radius 3 is 2.00 bits per heavy atom. The monoisotopic (exact) mass is 326 g/mol. The number of hydrogen-bond donors (Lipinski definition) is 2. The van der Waals surface area contributed by atoms with Crippen LogP contribution in [0.15, 0.2) is 0 Å². The summed E-state index contributed by atoms with van der Waals surface area (Å²) in [5.74, 6) is 2.26. The minimum atomic E-state index is -0.775. The van der Waals surface area contributed by atoms with Gasteiger partial charge < -0.3 is 14.9 Å². The Kier molecular flexibility index (Phi) is 15.1. The van der Waals surface area contributed by atoms with Gasteiger partial charge in [0.2, 0.25) is 0 Å². The van der Waals surface area contributed by atoms with Gasteiger partial charge in [-0.1, -0.05) is 51.4 Å². The third-order valence-corrected chi connectivity index (χ3v) is 3.88. The summed E-state index contributed by atoms with van der Waals surface area (Å²) in [6.07, 6.45) is 16.6. The highest BCUT2D eigenvalue weighted by atomic mass is 16.5. The molecule has 0 heterocycles. The van der Waals surface area contributed by atoms with E-state index < -0.39 is 18.2 Å². The van der Waals surface area contributed by atoms with Crippen LogP contribution < -0.4 is 0 Å². The van der Waals surface area contributed by atoms with Gasteiger partial charge in [0, 0.05) is 19.8 Å². The number of esters is 1. The van der Waals surface area contributed by atoms with Crippen LogP contribution in [0.25, 0.3) is 0 Å². The molecule has 0 rings (SSSR count). The fourth-order valence-electron chi connectivity index (χ4n) is 2.56. The third-order valence-electron chi connectivity index (χ3n) is 3.88. The van der Waals surface area contributed by atoms with Crippen molar-refractivity contribution in [3.05, 3.63) is 0 Å². The molecule has 0 radical (unpaired) electrons. The summed E-state index contributed by atoms with van der Waals surface area (Å²) in [7, 11) is 0. The summed E-state index contributed by atoms with van der Waals surface area (Å²) in [6.45, 7) is 1.27. The van der Waals surface area contributed by atoms with Gasteiger partial charge in [-0.05, 0) is 12.8 Å². The average molecular weight is 326 g/mol. The van der Waals surface area contributed by atoms with Crippen LogP contribution in [-0.2, 0) is 9.53 Å². The zero-order valence-electron chi connectivity index (χ0n) is 14.6. The lowest BCUT2D eigenvalue weighted by atomic mass is 10.0. The molecule has 23 heavy (non-hydrogen) atoms. The number of rotatable bonds is 15. The molecule has 0 bridgehead atoms. The van der Waals surface area contributed by atoms with Gasteiger partial charge in [0.15, 0.2) is 0 Å². The first kappa shape index (κ1) is 21.9. The normalized spacial score (nSPS) is 13.3. The first-order chi connectivity index (χ1) is 11.1. The summed E-state index contributed by atoms with van der Waals surface area (Å²) in [5, 5.41) is 19.4. The predicted octanol–water partition coefficient (Wildman–Crippen LogP) is 3.59. The molecule has 0 aromatic heterocycles. The molecule has 0 saturated carbocycles. The Labute approximate surface area is 141 Å². The van der Waals surface area contributed by atoms with Crippen molar-refractivity contribution in [2.24, 2.45) is 0 Å². The van der Waals surface area contributed by atoms with Gasteiger partial charge in [0.05, 0.1) is 12.2 Å². The largest absolute Gasteiger partial charge is 0.463 e. The summed E-state index contributed by atoms with van der Waals surface area (Å²) in [6, 6.07) is 0. The maximum Gasteiger partial charge on any atom is 0.302 e. The van der Waals surface area contributed by atoms with Gasteiger partial charge in [-0.2, -0.15) is 0 Å². The van der Waals surface area contributed by atoms with Crippen molar-refractivity contribution in [3.63, 3.8) is 0 Å². The Morgan fingerprint density at radius 1 is 0.957 bits per heavy atom. The van der Waals surface area contributed by atoms with Crippen LogP contribution in [0.1, 0.15) is 84.0 Å². The van der Waals surface area contributed by atoms with Crippen molar-refractivity contribution in [2.75, 3.05) is 6.61 Å². The molecule has 2 atom stereocenters. The highest BCUT2D eigenvalue weighted by Gasteiger charge is 2.12. The summed E-state index contributed by atoms with van der Waals surface area (Å²) >= 11 is 0. The number of hydrogen-bond acceptors (Lipinski definition) is 4. The number of ether oxygens (including phenoxy) is 1. The summed E-state index contributed by atoms with van der Waals surface area (Å²) in [4.78, 5) is 10.6. The van der Waals surface area contributed by atoms with E-state index in [-0.39, 0.29) is 13.0 Å². The van der Waals surface area contributed by atoms with Gasteiger partial charge in [-0.25, -0.2) is 0 Å². The molecule has 0 unspecified atom stereocenters. The van der Waals surface area contributed by atoms with E-state index in [4.69, 9.17) is 11.2 Å². The van der Waals surface area contributed by atoms with Crippen LogP contribution in [0.2, 0.25) is 0 Å². The lowest BCUT2D eigenvalue weighted by Crippen LogP contribution is -2.23. The molecule has 2 N–H and O–H groups in total. The molecule has 0 aliphatic rings. The molecule has 0 aromatic carbocycles. The third kappa shape index (κ3) is 17.1. The SMILES string of the molecule is C#CCCCCCCCCCCC[C@@H](O)C[C@@H](O)COC(C)=O. The molecule has 0 amide bonds.